The number of carbonyl (C=O) groups is 2. The Bertz CT molecular complexity index is 873. The molecular weight excluding hydrogens is 320 g/mol. The lowest BCUT2D eigenvalue weighted by Gasteiger charge is -2.07. The minimum absolute atomic E-state index is 0.125. The van der Waals surface area contributed by atoms with E-state index in [2.05, 4.69) is 20.8 Å². The van der Waals surface area contributed by atoms with Gasteiger partial charge in [-0.05, 0) is 36.4 Å². The fourth-order valence-electron chi connectivity index (χ4n) is 2.17. The highest BCUT2D eigenvalue weighted by molar-refractivity contribution is 6.08. The van der Waals surface area contributed by atoms with Crippen LogP contribution in [0.2, 0.25) is 0 Å². The fourth-order valence-corrected chi connectivity index (χ4v) is 2.17. The Balaban J connectivity index is 1.69. The minimum atomic E-state index is -0.386. The lowest BCUT2D eigenvalue weighted by Crippen LogP contribution is -2.21. The van der Waals surface area contributed by atoms with E-state index in [1.165, 1.54) is 13.2 Å². The zero-order chi connectivity index (χ0) is 17.6. The molecule has 3 N–H and O–H groups in total. The minimum Gasteiger partial charge on any atom is -0.457 e. The zero-order valence-electron chi connectivity index (χ0n) is 13.4. The predicted octanol–water partition coefficient (Wildman–Crippen LogP) is 2.81. The van der Waals surface area contributed by atoms with Crippen LogP contribution in [0.15, 0.2) is 60.8 Å². The Labute approximate surface area is 144 Å². The number of H-pyrrole nitrogens is 1. The number of aromatic nitrogens is 2. The molecule has 126 valence electrons. The Hall–Kier alpha value is -3.61. The van der Waals surface area contributed by atoms with E-state index in [1.807, 2.05) is 30.3 Å². The van der Waals surface area contributed by atoms with Gasteiger partial charge in [-0.25, -0.2) is 0 Å². The first kappa shape index (κ1) is 16.3. The molecule has 3 aromatic rings. The third-order valence-electron chi connectivity index (χ3n) is 3.43. The molecule has 3 rings (SSSR count). The Morgan fingerprint density at radius 3 is 2.32 bits per heavy atom. The van der Waals surface area contributed by atoms with E-state index in [0.29, 0.717) is 22.7 Å². The third-order valence-corrected chi connectivity index (χ3v) is 3.43. The van der Waals surface area contributed by atoms with Gasteiger partial charge in [0.2, 0.25) is 0 Å². The van der Waals surface area contributed by atoms with Gasteiger partial charge in [0, 0.05) is 18.8 Å². The molecule has 0 fully saturated rings. The van der Waals surface area contributed by atoms with Gasteiger partial charge in [0.15, 0.2) is 5.69 Å². The first-order valence-electron chi connectivity index (χ1n) is 7.57. The van der Waals surface area contributed by atoms with Gasteiger partial charge >= 0.3 is 0 Å². The molecule has 25 heavy (non-hydrogen) atoms. The average molecular weight is 336 g/mol. The second-order valence-electron chi connectivity index (χ2n) is 5.12. The van der Waals surface area contributed by atoms with Crippen LogP contribution in [0.5, 0.6) is 11.5 Å². The topological polar surface area (TPSA) is 96.1 Å². The lowest BCUT2D eigenvalue weighted by atomic mass is 10.2. The van der Waals surface area contributed by atoms with Crippen molar-refractivity contribution in [2.24, 2.45) is 0 Å². The van der Waals surface area contributed by atoms with Crippen molar-refractivity contribution in [3.63, 3.8) is 0 Å². The number of nitrogens with zero attached hydrogens (tertiary/aromatic N) is 1. The van der Waals surface area contributed by atoms with Crippen LogP contribution >= 0.6 is 0 Å². The van der Waals surface area contributed by atoms with Gasteiger partial charge in [-0.3, -0.25) is 14.7 Å². The van der Waals surface area contributed by atoms with Crippen molar-refractivity contribution in [1.29, 1.82) is 0 Å². The molecule has 1 heterocycles. The maximum absolute atomic E-state index is 12.3. The summed E-state index contributed by atoms with van der Waals surface area (Å²) >= 11 is 0. The van der Waals surface area contributed by atoms with Gasteiger partial charge in [-0.1, -0.05) is 18.2 Å². The number of aromatic amines is 1. The van der Waals surface area contributed by atoms with E-state index in [1.54, 1.807) is 24.3 Å². The zero-order valence-corrected chi connectivity index (χ0v) is 13.4. The molecular formula is C18H16N4O3. The van der Waals surface area contributed by atoms with Crippen LogP contribution in [0.1, 0.15) is 20.8 Å². The number of benzene rings is 2. The van der Waals surface area contributed by atoms with Crippen molar-refractivity contribution in [1.82, 2.24) is 15.5 Å². The summed E-state index contributed by atoms with van der Waals surface area (Å²) in [6.45, 7) is 0. The van der Waals surface area contributed by atoms with Gasteiger partial charge in [-0.2, -0.15) is 5.10 Å². The maximum Gasteiger partial charge on any atom is 0.273 e. The highest BCUT2D eigenvalue weighted by atomic mass is 16.5. The molecule has 0 aliphatic heterocycles. The summed E-state index contributed by atoms with van der Waals surface area (Å²) in [6.07, 6.45) is 1.45. The van der Waals surface area contributed by atoms with E-state index in [4.69, 9.17) is 4.74 Å². The molecule has 0 unspecified atom stereocenters. The second-order valence-corrected chi connectivity index (χ2v) is 5.12. The molecule has 0 saturated carbocycles. The smallest absolute Gasteiger partial charge is 0.273 e. The lowest BCUT2D eigenvalue weighted by molar-refractivity contribution is 0.0959. The highest BCUT2D eigenvalue weighted by Gasteiger charge is 2.16. The molecule has 2 aromatic carbocycles. The monoisotopic (exact) mass is 336 g/mol. The number of amides is 2. The van der Waals surface area contributed by atoms with Crippen molar-refractivity contribution in [2.75, 3.05) is 12.4 Å². The summed E-state index contributed by atoms with van der Waals surface area (Å²) in [5.41, 5.74) is 0.873. The highest BCUT2D eigenvalue weighted by Crippen LogP contribution is 2.21. The van der Waals surface area contributed by atoms with Crippen molar-refractivity contribution in [3.8, 4) is 11.5 Å². The Morgan fingerprint density at radius 1 is 0.960 bits per heavy atom. The summed E-state index contributed by atoms with van der Waals surface area (Å²) in [5.74, 6) is 0.603. The molecule has 2 amide bonds. The normalized spacial score (nSPS) is 10.1. The summed E-state index contributed by atoms with van der Waals surface area (Å²) < 4.78 is 5.68. The van der Waals surface area contributed by atoms with Crippen molar-refractivity contribution in [3.05, 3.63) is 72.1 Å². The van der Waals surface area contributed by atoms with Crippen LogP contribution in [-0.4, -0.2) is 29.1 Å². The van der Waals surface area contributed by atoms with Crippen LogP contribution in [-0.2, 0) is 0 Å². The van der Waals surface area contributed by atoms with Crippen LogP contribution in [0, 0.1) is 0 Å². The molecule has 0 saturated heterocycles. The van der Waals surface area contributed by atoms with E-state index < -0.39 is 0 Å². The molecule has 0 atom stereocenters. The summed E-state index contributed by atoms with van der Waals surface area (Å²) in [5, 5.41) is 11.5. The average Bonchev–Trinajstić information content (AvgIpc) is 3.10. The number of ether oxygens (including phenoxy) is 1. The maximum atomic E-state index is 12.3. The molecule has 7 heteroatoms. The van der Waals surface area contributed by atoms with Gasteiger partial charge < -0.3 is 15.4 Å². The molecule has 0 aliphatic rings. The van der Waals surface area contributed by atoms with Crippen molar-refractivity contribution in [2.45, 2.75) is 0 Å². The summed E-state index contributed by atoms with van der Waals surface area (Å²) in [4.78, 5) is 24.0. The Kier molecular flexibility index (Phi) is 4.75. The van der Waals surface area contributed by atoms with Crippen LogP contribution in [0.25, 0.3) is 0 Å². The number of carbonyl (C=O) groups excluding carboxylic acids is 2. The molecule has 7 nitrogen and oxygen atoms in total. The molecule has 0 aliphatic carbocycles. The summed E-state index contributed by atoms with van der Waals surface area (Å²) in [7, 11) is 1.49. The Morgan fingerprint density at radius 2 is 1.64 bits per heavy atom. The first-order chi connectivity index (χ1) is 12.2. The van der Waals surface area contributed by atoms with Gasteiger partial charge in [-0.15, -0.1) is 0 Å². The fraction of sp³-hybridized carbons (Fsp3) is 0.0556. The van der Waals surface area contributed by atoms with E-state index in [9.17, 15) is 9.59 Å². The molecule has 0 bridgehead atoms. The largest absolute Gasteiger partial charge is 0.457 e. The van der Waals surface area contributed by atoms with Gasteiger partial charge in [0.05, 0.1) is 5.69 Å². The number of hydrogen-bond donors (Lipinski definition) is 3. The van der Waals surface area contributed by atoms with Crippen molar-refractivity contribution < 1.29 is 14.3 Å². The number of anilines is 1. The van der Waals surface area contributed by atoms with Crippen molar-refractivity contribution >= 4 is 17.5 Å². The number of nitrogens with one attached hydrogen (secondary N) is 3. The van der Waals surface area contributed by atoms with Crippen LogP contribution < -0.4 is 15.4 Å². The van der Waals surface area contributed by atoms with Crippen LogP contribution in [0.4, 0.5) is 5.69 Å². The predicted molar refractivity (Wildman–Crippen MR) is 92.9 cm³/mol. The third kappa shape index (κ3) is 3.84. The van der Waals surface area contributed by atoms with Gasteiger partial charge in [0.25, 0.3) is 11.8 Å². The molecule has 0 radical (unpaired) electrons. The molecule has 1 aromatic heterocycles. The second kappa shape index (κ2) is 7.31. The van der Waals surface area contributed by atoms with Gasteiger partial charge in [0.1, 0.15) is 11.5 Å². The first-order valence-corrected chi connectivity index (χ1v) is 7.57. The summed E-state index contributed by atoms with van der Waals surface area (Å²) in [6, 6.07) is 16.1. The van der Waals surface area contributed by atoms with E-state index in [0.717, 1.165) is 0 Å². The standard InChI is InChI=1S/C18H16N4O3/c1-19-18(24)16-15(11-20-22-16)21-17(23)12-7-9-14(10-8-12)25-13-5-3-2-4-6-13/h2-11H,1H3,(H,19,24)(H,20,22)(H,21,23). The van der Waals surface area contributed by atoms with E-state index >= 15 is 0 Å². The number of hydrogen-bond acceptors (Lipinski definition) is 4. The van der Waals surface area contributed by atoms with E-state index in [-0.39, 0.29) is 17.5 Å². The molecule has 0 spiro atoms. The number of rotatable bonds is 5. The SMILES string of the molecule is CNC(=O)c1n[nH]cc1NC(=O)c1ccc(Oc2ccccc2)cc1. The van der Waals surface area contributed by atoms with Crippen LogP contribution in [0.3, 0.4) is 0 Å². The quantitative estimate of drug-likeness (QED) is 0.667. The number of para-hydroxylation sites is 1.